The van der Waals surface area contributed by atoms with E-state index in [9.17, 15) is 9.59 Å². The first kappa shape index (κ1) is 22.4. The lowest BCUT2D eigenvalue weighted by molar-refractivity contribution is -0.130. The number of pyridine rings is 1. The molecule has 2 amide bonds. The monoisotopic (exact) mass is 540 g/mol. The SMILES string of the molecule is CC(=O)N1CCN(Cc2ccc(C(=O)Nc3ccc(I)c(-c4ccccn4)c3)cc2)CC1. The van der Waals surface area contributed by atoms with Gasteiger partial charge in [-0.3, -0.25) is 19.5 Å². The van der Waals surface area contributed by atoms with Gasteiger partial charge in [-0.25, -0.2) is 0 Å². The third-order valence-electron chi connectivity index (χ3n) is 5.60. The van der Waals surface area contributed by atoms with Crippen molar-refractivity contribution in [3.8, 4) is 11.3 Å². The summed E-state index contributed by atoms with van der Waals surface area (Å²) in [6.07, 6.45) is 1.77. The number of carbonyl (C=O) groups is 2. The third-order valence-corrected chi connectivity index (χ3v) is 6.55. The molecule has 0 saturated carbocycles. The number of aromatic nitrogens is 1. The molecule has 3 aromatic rings. The van der Waals surface area contributed by atoms with Crippen LogP contribution in [0.25, 0.3) is 11.3 Å². The third kappa shape index (κ3) is 5.52. The molecular weight excluding hydrogens is 515 g/mol. The molecule has 0 spiro atoms. The van der Waals surface area contributed by atoms with Crippen LogP contribution < -0.4 is 5.32 Å². The molecule has 0 atom stereocenters. The van der Waals surface area contributed by atoms with Crippen LogP contribution in [0.15, 0.2) is 66.9 Å². The zero-order valence-electron chi connectivity index (χ0n) is 17.9. The second-order valence-electron chi connectivity index (χ2n) is 7.84. The maximum Gasteiger partial charge on any atom is 0.255 e. The van der Waals surface area contributed by atoms with E-state index in [2.05, 4.69) is 37.8 Å². The summed E-state index contributed by atoms with van der Waals surface area (Å²) in [6, 6.07) is 19.4. The smallest absolute Gasteiger partial charge is 0.255 e. The number of halogens is 1. The van der Waals surface area contributed by atoms with Crippen molar-refractivity contribution in [3.05, 3.63) is 81.6 Å². The number of amides is 2. The summed E-state index contributed by atoms with van der Waals surface area (Å²) in [5, 5.41) is 2.99. The van der Waals surface area contributed by atoms with Gasteiger partial charge < -0.3 is 10.2 Å². The molecule has 1 N–H and O–H groups in total. The number of piperazine rings is 1. The second kappa shape index (κ2) is 10.2. The molecule has 4 rings (SSSR count). The Morgan fingerprint density at radius 2 is 1.75 bits per heavy atom. The molecule has 0 bridgehead atoms. The van der Waals surface area contributed by atoms with Crippen molar-refractivity contribution in [2.75, 3.05) is 31.5 Å². The number of hydrogen-bond acceptors (Lipinski definition) is 4. The topological polar surface area (TPSA) is 65.5 Å². The average molecular weight is 540 g/mol. The predicted molar refractivity (Wildman–Crippen MR) is 134 cm³/mol. The summed E-state index contributed by atoms with van der Waals surface area (Å²) in [4.78, 5) is 32.9. The summed E-state index contributed by atoms with van der Waals surface area (Å²) in [6.45, 7) is 5.71. The van der Waals surface area contributed by atoms with Crippen molar-refractivity contribution in [1.82, 2.24) is 14.8 Å². The molecule has 1 aliphatic heterocycles. The maximum absolute atomic E-state index is 12.8. The summed E-state index contributed by atoms with van der Waals surface area (Å²) in [7, 11) is 0. The Bertz CT molecular complexity index is 1090. The molecule has 2 heterocycles. The number of nitrogens with zero attached hydrogens (tertiary/aromatic N) is 3. The number of hydrogen-bond donors (Lipinski definition) is 1. The fourth-order valence-corrected chi connectivity index (χ4v) is 4.38. The van der Waals surface area contributed by atoms with Crippen LogP contribution in [-0.4, -0.2) is 52.8 Å². The van der Waals surface area contributed by atoms with Crippen LogP contribution in [0.3, 0.4) is 0 Å². The van der Waals surface area contributed by atoms with E-state index < -0.39 is 0 Å². The molecule has 164 valence electrons. The second-order valence-corrected chi connectivity index (χ2v) is 9.01. The quantitative estimate of drug-likeness (QED) is 0.492. The van der Waals surface area contributed by atoms with Crippen molar-refractivity contribution in [1.29, 1.82) is 0 Å². The normalized spacial score (nSPS) is 14.2. The van der Waals surface area contributed by atoms with E-state index in [4.69, 9.17) is 0 Å². The summed E-state index contributed by atoms with van der Waals surface area (Å²) in [5.74, 6) is 0.0000900. The molecule has 0 aliphatic carbocycles. The number of benzene rings is 2. The average Bonchev–Trinajstić information content (AvgIpc) is 2.81. The van der Waals surface area contributed by atoms with Gasteiger partial charge in [0.2, 0.25) is 5.91 Å². The van der Waals surface area contributed by atoms with E-state index in [1.165, 1.54) is 0 Å². The highest BCUT2D eigenvalue weighted by molar-refractivity contribution is 14.1. The van der Waals surface area contributed by atoms with Crippen LogP contribution in [0.4, 0.5) is 5.69 Å². The highest BCUT2D eigenvalue weighted by atomic mass is 127. The fourth-order valence-electron chi connectivity index (χ4n) is 3.77. The number of carbonyl (C=O) groups excluding carboxylic acids is 2. The molecule has 6 nitrogen and oxygen atoms in total. The maximum atomic E-state index is 12.8. The van der Waals surface area contributed by atoms with Crippen LogP contribution >= 0.6 is 22.6 Å². The largest absolute Gasteiger partial charge is 0.340 e. The Balaban J connectivity index is 1.38. The van der Waals surface area contributed by atoms with Gasteiger partial charge in [0.05, 0.1) is 5.69 Å². The van der Waals surface area contributed by atoms with Crippen molar-refractivity contribution in [3.63, 3.8) is 0 Å². The van der Waals surface area contributed by atoms with E-state index >= 15 is 0 Å². The Morgan fingerprint density at radius 3 is 2.41 bits per heavy atom. The van der Waals surface area contributed by atoms with Gasteiger partial charge in [0.1, 0.15) is 0 Å². The van der Waals surface area contributed by atoms with E-state index in [1.807, 2.05) is 65.6 Å². The van der Waals surface area contributed by atoms with Gasteiger partial charge in [-0.1, -0.05) is 18.2 Å². The standard InChI is InChI=1S/C25H25IN4O2/c1-18(31)30-14-12-29(13-15-30)17-19-5-7-20(8-6-19)25(32)28-21-9-10-23(26)22(16-21)24-4-2-3-11-27-24/h2-11,16H,12-15,17H2,1H3,(H,28,32). The lowest BCUT2D eigenvalue weighted by Gasteiger charge is -2.34. The molecular formula is C25H25IN4O2. The van der Waals surface area contributed by atoms with E-state index in [0.29, 0.717) is 5.56 Å². The van der Waals surface area contributed by atoms with Crippen LogP contribution in [0.5, 0.6) is 0 Å². The molecule has 7 heteroatoms. The Labute approximate surface area is 201 Å². The Hall–Kier alpha value is -2.78. The summed E-state index contributed by atoms with van der Waals surface area (Å²) < 4.78 is 1.08. The lowest BCUT2D eigenvalue weighted by Crippen LogP contribution is -2.47. The van der Waals surface area contributed by atoms with Crippen molar-refractivity contribution in [2.24, 2.45) is 0 Å². The van der Waals surface area contributed by atoms with Gasteiger partial charge >= 0.3 is 0 Å². The highest BCUT2D eigenvalue weighted by Crippen LogP contribution is 2.27. The van der Waals surface area contributed by atoms with Crippen LogP contribution in [-0.2, 0) is 11.3 Å². The van der Waals surface area contributed by atoms with Crippen molar-refractivity contribution >= 4 is 40.1 Å². The first-order valence-corrected chi connectivity index (χ1v) is 11.7. The zero-order chi connectivity index (χ0) is 22.5. The van der Waals surface area contributed by atoms with Gasteiger partial charge in [-0.2, -0.15) is 0 Å². The summed E-state index contributed by atoms with van der Waals surface area (Å²) in [5.41, 5.74) is 4.38. The molecule has 0 unspecified atom stereocenters. The number of rotatable bonds is 5. The van der Waals surface area contributed by atoms with E-state index in [-0.39, 0.29) is 11.8 Å². The van der Waals surface area contributed by atoms with Gasteiger partial charge in [-0.15, -0.1) is 0 Å². The van der Waals surface area contributed by atoms with Gasteiger partial charge in [0.25, 0.3) is 5.91 Å². The minimum atomic E-state index is -0.139. The molecule has 2 aromatic carbocycles. The summed E-state index contributed by atoms with van der Waals surface area (Å²) >= 11 is 2.28. The van der Waals surface area contributed by atoms with Crippen LogP contribution in [0.1, 0.15) is 22.8 Å². The van der Waals surface area contributed by atoms with Crippen molar-refractivity contribution < 1.29 is 9.59 Å². The molecule has 1 saturated heterocycles. The van der Waals surface area contributed by atoms with Crippen LogP contribution in [0, 0.1) is 3.57 Å². The first-order valence-electron chi connectivity index (χ1n) is 10.6. The molecule has 0 radical (unpaired) electrons. The highest BCUT2D eigenvalue weighted by Gasteiger charge is 2.18. The van der Waals surface area contributed by atoms with Gasteiger partial charge in [-0.05, 0) is 70.6 Å². The number of anilines is 1. The fraction of sp³-hybridized carbons (Fsp3) is 0.240. The predicted octanol–water partition coefficient (Wildman–Crippen LogP) is 4.27. The Morgan fingerprint density at radius 1 is 1.00 bits per heavy atom. The molecule has 32 heavy (non-hydrogen) atoms. The van der Waals surface area contributed by atoms with E-state index in [1.54, 1.807) is 13.1 Å². The van der Waals surface area contributed by atoms with E-state index in [0.717, 1.165) is 58.8 Å². The number of nitrogens with one attached hydrogen (secondary N) is 1. The first-order chi connectivity index (χ1) is 15.5. The minimum absolute atomic E-state index is 0.139. The van der Waals surface area contributed by atoms with Crippen LogP contribution in [0.2, 0.25) is 0 Å². The molecule has 1 aliphatic rings. The molecule has 1 aromatic heterocycles. The minimum Gasteiger partial charge on any atom is -0.340 e. The Kier molecular flexibility index (Phi) is 7.16. The van der Waals surface area contributed by atoms with Crippen molar-refractivity contribution in [2.45, 2.75) is 13.5 Å². The van der Waals surface area contributed by atoms with Gasteiger partial charge in [0, 0.05) is 66.2 Å². The van der Waals surface area contributed by atoms with Gasteiger partial charge in [0.15, 0.2) is 0 Å². The zero-order valence-corrected chi connectivity index (χ0v) is 20.1. The molecule has 1 fully saturated rings. The lowest BCUT2D eigenvalue weighted by atomic mass is 10.1.